The summed E-state index contributed by atoms with van der Waals surface area (Å²) < 4.78 is 6.97. The number of hydrogen-bond donors (Lipinski definition) is 1. The van der Waals surface area contributed by atoms with E-state index in [2.05, 4.69) is 10.3 Å². The maximum absolute atomic E-state index is 13.1. The van der Waals surface area contributed by atoms with Crippen molar-refractivity contribution in [2.45, 2.75) is 20.4 Å². The molecule has 0 saturated heterocycles. The van der Waals surface area contributed by atoms with Crippen LogP contribution in [-0.4, -0.2) is 22.6 Å². The second kappa shape index (κ2) is 8.44. The van der Waals surface area contributed by atoms with Gasteiger partial charge in [-0.25, -0.2) is 0 Å². The fourth-order valence-electron chi connectivity index (χ4n) is 3.55. The molecule has 0 fully saturated rings. The summed E-state index contributed by atoms with van der Waals surface area (Å²) in [5, 5.41) is 3.29. The Morgan fingerprint density at radius 3 is 2.58 bits per heavy atom. The van der Waals surface area contributed by atoms with Crippen LogP contribution in [0, 0.1) is 13.8 Å². The Hall–Kier alpha value is -3.93. The van der Waals surface area contributed by atoms with Gasteiger partial charge >= 0.3 is 0 Å². The molecule has 0 saturated carbocycles. The number of rotatable bonds is 5. The molecule has 0 spiro atoms. The Bertz CT molecular complexity index is 1330. The number of carbonyl (C=O) groups is 1. The molecule has 6 heteroatoms. The minimum atomic E-state index is -0.339. The van der Waals surface area contributed by atoms with E-state index < -0.39 is 0 Å². The monoisotopic (exact) mass is 413 g/mol. The Balaban J connectivity index is 1.72. The summed E-state index contributed by atoms with van der Waals surface area (Å²) in [7, 11) is 1.55. The molecule has 2 aromatic carbocycles. The highest BCUT2D eigenvalue weighted by molar-refractivity contribution is 6.07. The number of benzene rings is 2. The number of nitrogens with one attached hydrogen (secondary N) is 1. The summed E-state index contributed by atoms with van der Waals surface area (Å²) in [6.45, 7) is 4.15. The SMILES string of the molecule is COc1ccc(C)cc1NC(=O)c1cc2c(=O)n(Cc3ccccc3)ccc2nc1C. The summed E-state index contributed by atoms with van der Waals surface area (Å²) in [5.74, 6) is 0.226. The van der Waals surface area contributed by atoms with Gasteiger partial charge in [0.15, 0.2) is 0 Å². The molecule has 6 nitrogen and oxygen atoms in total. The van der Waals surface area contributed by atoms with Crippen LogP contribution in [0.4, 0.5) is 5.69 Å². The molecule has 2 heterocycles. The molecule has 1 N–H and O–H groups in total. The molecule has 0 aliphatic heterocycles. The smallest absolute Gasteiger partial charge is 0.260 e. The van der Waals surface area contributed by atoms with Crippen molar-refractivity contribution in [2.75, 3.05) is 12.4 Å². The zero-order valence-corrected chi connectivity index (χ0v) is 17.7. The van der Waals surface area contributed by atoms with Crippen molar-refractivity contribution >= 4 is 22.5 Å². The van der Waals surface area contributed by atoms with Crippen molar-refractivity contribution in [3.05, 3.63) is 99.6 Å². The van der Waals surface area contributed by atoms with E-state index in [0.29, 0.717) is 40.1 Å². The first-order valence-corrected chi connectivity index (χ1v) is 9.97. The Morgan fingerprint density at radius 1 is 1.06 bits per heavy atom. The lowest BCUT2D eigenvalue weighted by Gasteiger charge is -2.13. The average Bonchev–Trinajstić information content (AvgIpc) is 2.76. The number of anilines is 1. The molecule has 1 amide bonds. The lowest BCUT2D eigenvalue weighted by atomic mass is 10.1. The van der Waals surface area contributed by atoms with Crippen molar-refractivity contribution in [3.8, 4) is 5.75 Å². The number of ether oxygens (including phenoxy) is 1. The van der Waals surface area contributed by atoms with Crippen LogP contribution in [-0.2, 0) is 6.54 Å². The Kier molecular flexibility index (Phi) is 5.54. The number of amides is 1. The predicted molar refractivity (Wildman–Crippen MR) is 122 cm³/mol. The second-order valence-electron chi connectivity index (χ2n) is 7.45. The van der Waals surface area contributed by atoms with Crippen molar-refractivity contribution in [1.29, 1.82) is 0 Å². The third kappa shape index (κ3) is 4.19. The second-order valence-corrected chi connectivity index (χ2v) is 7.45. The van der Waals surface area contributed by atoms with Crippen LogP contribution in [0.3, 0.4) is 0 Å². The van der Waals surface area contributed by atoms with E-state index >= 15 is 0 Å². The first-order chi connectivity index (χ1) is 15.0. The summed E-state index contributed by atoms with van der Waals surface area (Å²) >= 11 is 0. The number of aromatic nitrogens is 2. The molecular weight excluding hydrogens is 390 g/mol. The van der Waals surface area contributed by atoms with Gasteiger partial charge in [-0.2, -0.15) is 0 Å². The topological polar surface area (TPSA) is 73.2 Å². The van der Waals surface area contributed by atoms with Gasteiger partial charge in [-0.05, 0) is 49.2 Å². The highest BCUT2D eigenvalue weighted by Gasteiger charge is 2.16. The number of hydrogen-bond acceptors (Lipinski definition) is 4. The molecular formula is C25H23N3O3. The summed E-state index contributed by atoms with van der Waals surface area (Å²) in [6.07, 6.45) is 1.74. The Morgan fingerprint density at radius 2 is 1.84 bits per heavy atom. The predicted octanol–water partition coefficient (Wildman–Crippen LogP) is 4.32. The van der Waals surface area contributed by atoms with Gasteiger partial charge in [-0.1, -0.05) is 36.4 Å². The molecule has 0 bridgehead atoms. The zero-order valence-electron chi connectivity index (χ0n) is 17.7. The first kappa shape index (κ1) is 20.3. The van der Waals surface area contributed by atoms with Crippen molar-refractivity contribution in [1.82, 2.24) is 9.55 Å². The quantitative estimate of drug-likeness (QED) is 0.529. The van der Waals surface area contributed by atoms with E-state index in [4.69, 9.17) is 4.74 Å². The van der Waals surface area contributed by atoms with Crippen LogP contribution < -0.4 is 15.6 Å². The molecule has 0 radical (unpaired) electrons. The lowest BCUT2D eigenvalue weighted by Crippen LogP contribution is -2.22. The molecule has 4 aromatic rings. The lowest BCUT2D eigenvalue weighted by molar-refractivity contribution is 0.102. The van der Waals surface area contributed by atoms with Gasteiger partial charge in [0.2, 0.25) is 0 Å². The van der Waals surface area contributed by atoms with Gasteiger partial charge in [0.05, 0.1) is 41.5 Å². The number of aryl methyl sites for hydroxylation is 2. The minimum Gasteiger partial charge on any atom is -0.495 e. The van der Waals surface area contributed by atoms with E-state index in [-0.39, 0.29) is 11.5 Å². The molecule has 0 unspecified atom stereocenters. The number of carbonyl (C=O) groups excluding carboxylic acids is 1. The molecule has 0 aliphatic carbocycles. The fourth-order valence-corrected chi connectivity index (χ4v) is 3.55. The standard InChI is InChI=1S/C25H23N3O3/c1-16-9-10-23(31-3)22(13-16)27-24(29)19-14-20-21(26-17(19)2)11-12-28(25(20)30)15-18-7-5-4-6-8-18/h4-14H,15H2,1-3H3,(H,27,29). The summed E-state index contributed by atoms with van der Waals surface area (Å²) in [5.41, 5.74) is 3.87. The van der Waals surface area contributed by atoms with Crippen LogP contribution in [0.5, 0.6) is 5.75 Å². The Labute approximate surface area is 180 Å². The van der Waals surface area contributed by atoms with E-state index in [1.54, 1.807) is 43.0 Å². The fraction of sp³-hybridized carbons (Fsp3) is 0.160. The van der Waals surface area contributed by atoms with E-state index in [1.165, 1.54) is 0 Å². The average molecular weight is 413 g/mol. The molecule has 31 heavy (non-hydrogen) atoms. The van der Waals surface area contributed by atoms with E-state index in [1.807, 2.05) is 49.4 Å². The zero-order chi connectivity index (χ0) is 22.0. The summed E-state index contributed by atoms with van der Waals surface area (Å²) in [6, 6.07) is 18.7. The highest BCUT2D eigenvalue weighted by atomic mass is 16.5. The molecule has 4 rings (SSSR count). The van der Waals surface area contributed by atoms with Gasteiger partial charge in [0.1, 0.15) is 5.75 Å². The van der Waals surface area contributed by atoms with Gasteiger partial charge < -0.3 is 14.6 Å². The first-order valence-electron chi connectivity index (χ1n) is 9.97. The van der Waals surface area contributed by atoms with Gasteiger partial charge in [0.25, 0.3) is 11.5 Å². The van der Waals surface area contributed by atoms with Crippen LogP contribution in [0.1, 0.15) is 27.2 Å². The third-order valence-electron chi connectivity index (χ3n) is 5.19. The number of methoxy groups -OCH3 is 1. The number of nitrogens with zero attached hydrogens (tertiary/aromatic N) is 2. The maximum atomic E-state index is 13.1. The minimum absolute atomic E-state index is 0.184. The van der Waals surface area contributed by atoms with Crippen LogP contribution in [0.15, 0.2) is 71.7 Å². The largest absolute Gasteiger partial charge is 0.495 e. The third-order valence-corrected chi connectivity index (χ3v) is 5.19. The van der Waals surface area contributed by atoms with Crippen molar-refractivity contribution < 1.29 is 9.53 Å². The van der Waals surface area contributed by atoms with Crippen LogP contribution in [0.25, 0.3) is 10.9 Å². The number of pyridine rings is 2. The van der Waals surface area contributed by atoms with Crippen LogP contribution >= 0.6 is 0 Å². The highest BCUT2D eigenvalue weighted by Crippen LogP contribution is 2.26. The van der Waals surface area contributed by atoms with E-state index in [0.717, 1.165) is 11.1 Å². The van der Waals surface area contributed by atoms with Crippen LogP contribution in [0.2, 0.25) is 0 Å². The van der Waals surface area contributed by atoms with Gasteiger partial charge in [-0.3, -0.25) is 14.6 Å². The van der Waals surface area contributed by atoms with Crippen molar-refractivity contribution in [3.63, 3.8) is 0 Å². The molecule has 2 aromatic heterocycles. The van der Waals surface area contributed by atoms with Gasteiger partial charge in [-0.15, -0.1) is 0 Å². The number of fused-ring (bicyclic) bond motifs is 1. The molecule has 156 valence electrons. The van der Waals surface area contributed by atoms with Gasteiger partial charge in [0, 0.05) is 6.20 Å². The summed E-state index contributed by atoms with van der Waals surface area (Å²) in [4.78, 5) is 30.6. The van der Waals surface area contributed by atoms with E-state index in [9.17, 15) is 9.59 Å². The molecule has 0 aliphatic rings. The maximum Gasteiger partial charge on any atom is 0.260 e. The normalized spacial score (nSPS) is 10.8. The van der Waals surface area contributed by atoms with Crippen molar-refractivity contribution in [2.24, 2.45) is 0 Å². The molecule has 0 atom stereocenters.